The van der Waals surface area contributed by atoms with Gasteiger partial charge in [-0.2, -0.15) is 13.2 Å². The molecule has 0 aliphatic carbocycles. The molecular weight excluding hydrogens is 347 g/mol. The Bertz CT molecular complexity index is 829. The molecule has 1 amide bonds. The van der Waals surface area contributed by atoms with Crippen LogP contribution < -0.4 is 14.8 Å². The van der Waals surface area contributed by atoms with Crippen LogP contribution in [0.25, 0.3) is 6.08 Å². The molecule has 0 radical (unpaired) electrons. The van der Waals surface area contributed by atoms with Gasteiger partial charge in [0.1, 0.15) is 0 Å². The molecule has 4 nitrogen and oxygen atoms in total. The molecule has 1 unspecified atom stereocenters. The third kappa shape index (κ3) is 4.17. The Kier molecular flexibility index (Phi) is 4.88. The van der Waals surface area contributed by atoms with E-state index in [1.54, 1.807) is 31.2 Å². The van der Waals surface area contributed by atoms with Gasteiger partial charge in [-0.15, -0.1) is 0 Å². The Labute approximate surface area is 148 Å². The summed E-state index contributed by atoms with van der Waals surface area (Å²) in [5.74, 6) is 0.920. The van der Waals surface area contributed by atoms with Crippen molar-refractivity contribution in [2.24, 2.45) is 0 Å². The predicted octanol–water partition coefficient (Wildman–Crippen LogP) is 4.32. The molecule has 26 heavy (non-hydrogen) atoms. The van der Waals surface area contributed by atoms with Gasteiger partial charge in [-0.05, 0) is 48.4 Å². The van der Waals surface area contributed by atoms with Crippen LogP contribution in [-0.2, 0) is 11.0 Å². The Morgan fingerprint density at radius 3 is 2.50 bits per heavy atom. The molecule has 2 aromatic carbocycles. The molecule has 0 saturated carbocycles. The van der Waals surface area contributed by atoms with Crippen molar-refractivity contribution in [3.8, 4) is 11.5 Å². The fraction of sp³-hybridized carbons (Fsp3) is 0.211. The number of fused-ring (bicyclic) bond motifs is 1. The lowest BCUT2D eigenvalue weighted by Crippen LogP contribution is -2.24. The van der Waals surface area contributed by atoms with Crippen LogP contribution in [0.15, 0.2) is 48.5 Å². The number of nitrogens with one attached hydrogen (secondary N) is 1. The standard InChI is InChI=1S/C19H16F3NO3/c1-12(14-4-6-15(7-5-14)19(20,21)22)23-18(24)9-3-13-2-8-16-17(10-13)26-11-25-16/h2-10,12H,11H2,1H3,(H,23,24). The molecule has 3 rings (SSSR count). The minimum atomic E-state index is -4.38. The summed E-state index contributed by atoms with van der Waals surface area (Å²) in [6, 6.07) is 9.59. The number of carbonyl (C=O) groups excluding carboxylic acids is 1. The summed E-state index contributed by atoms with van der Waals surface area (Å²) in [6.45, 7) is 1.88. The summed E-state index contributed by atoms with van der Waals surface area (Å²) in [4.78, 5) is 12.0. The molecule has 1 heterocycles. The van der Waals surface area contributed by atoms with Gasteiger partial charge in [0, 0.05) is 6.08 Å². The molecule has 2 aromatic rings. The van der Waals surface area contributed by atoms with Gasteiger partial charge in [0.05, 0.1) is 11.6 Å². The summed E-state index contributed by atoms with van der Waals surface area (Å²) < 4.78 is 48.2. The maximum atomic E-state index is 12.6. The molecule has 0 aromatic heterocycles. The maximum Gasteiger partial charge on any atom is 0.416 e. The highest BCUT2D eigenvalue weighted by Crippen LogP contribution is 2.33. The molecule has 0 spiro atoms. The smallest absolute Gasteiger partial charge is 0.416 e. The van der Waals surface area contributed by atoms with Crippen molar-refractivity contribution in [3.63, 3.8) is 0 Å². The summed E-state index contributed by atoms with van der Waals surface area (Å²) in [5, 5.41) is 2.71. The Morgan fingerprint density at radius 1 is 1.12 bits per heavy atom. The van der Waals surface area contributed by atoms with E-state index in [2.05, 4.69) is 5.32 Å². The first-order chi connectivity index (χ1) is 12.3. The Hall–Kier alpha value is -2.96. The topological polar surface area (TPSA) is 47.6 Å². The van der Waals surface area contributed by atoms with Crippen LogP contribution in [0.2, 0.25) is 0 Å². The highest BCUT2D eigenvalue weighted by molar-refractivity contribution is 5.92. The Morgan fingerprint density at radius 2 is 1.81 bits per heavy atom. The van der Waals surface area contributed by atoms with Crippen LogP contribution in [-0.4, -0.2) is 12.7 Å². The molecule has 136 valence electrons. The average Bonchev–Trinajstić information content (AvgIpc) is 3.07. The fourth-order valence-electron chi connectivity index (χ4n) is 2.49. The lowest BCUT2D eigenvalue weighted by molar-refractivity contribution is -0.137. The quantitative estimate of drug-likeness (QED) is 0.823. The van der Waals surface area contributed by atoms with Crippen LogP contribution in [0.5, 0.6) is 11.5 Å². The third-order valence-corrected chi connectivity index (χ3v) is 3.92. The van der Waals surface area contributed by atoms with Gasteiger partial charge in [0.25, 0.3) is 0 Å². The molecule has 0 saturated heterocycles. The summed E-state index contributed by atoms with van der Waals surface area (Å²) >= 11 is 0. The number of alkyl halides is 3. The highest BCUT2D eigenvalue weighted by atomic mass is 19.4. The lowest BCUT2D eigenvalue weighted by Gasteiger charge is -2.14. The van der Waals surface area contributed by atoms with Gasteiger partial charge in [-0.1, -0.05) is 18.2 Å². The van der Waals surface area contributed by atoms with E-state index in [9.17, 15) is 18.0 Å². The van der Waals surface area contributed by atoms with Crippen molar-refractivity contribution in [2.45, 2.75) is 19.1 Å². The lowest BCUT2D eigenvalue weighted by atomic mass is 10.1. The van der Waals surface area contributed by atoms with Crippen molar-refractivity contribution >= 4 is 12.0 Å². The monoisotopic (exact) mass is 363 g/mol. The van der Waals surface area contributed by atoms with Crippen molar-refractivity contribution < 1.29 is 27.4 Å². The first-order valence-electron chi connectivity index (χ1n) is 7.88. The second-order valence-electron chi connectivity index (χ2n) is 5.80. The van der Waals surface area contributed by atoms with E-state index in [0.717, 1.165) is 17.7 Å². The van der Waals surface area contributed by atoms with E-state index < -0.39 is 17.8 Å². The largest absolute Gasteiger partial charge is 0.454 e. The molecule has 0 bridgehead atoms. The van der Waals surface area contributed by atoms with Gasteiger partial charge < -0.3 is 14.8 Å². The van der Waals surface area contributed by atoms with E-state index in [1.807, 2.05) is 0 Å². The van der Waals surface area contributed by atoms with E-state index in [-0.39, 0.29) is 12.7 Å². The molecule has 1 aliphatic heterocycles. The predicted molar refractivity (Wildman–Crippen MR) is 89.6 cm³/mol. The van der Waals surface area contributed by atoms with Gasteiger partial charge >= 0.3 is 6.18 Å². The second kappa shape index (κ2) is 7.11. The zero-order valence-corrected chi connectivity index (χ0v) is 13.8. The minimum Gasteiger partial charge on any atom is -0.454 e. The summed E-state index contributed by atoms with van der Waals surface area (Å²) in [7, 11) is 0. The molecule has 1 atom stereocenters. The van der Waals surface area contributed by atoms with E-state index in [4.69, 9.17) is 9.47 Å². The molecular formula is C19H16F3NO3. The number of benzene rings is 2. The van der Waals surface area contributed by atoms with Gasteiger partial charge in [-0.3, -0.25) is 4.79 Å². The first-order valence-corrected chi connectivity index (χ1v) is 7.88. The second-order valence-corrected chi connectivity index (χ2v) is 5.80. The SMILES string of the molecule is CC(NC(=O)C=Cc1ccc2c(c1)OCO2)c1ccc(C(F)(F)F)cc1. The number of ether oxygens (including phenoxy) is 2. The van der Waals surface area contributed by atoms with Crippen LogP contribution in [0.4, 0.5) is 13.2 Å². The number of halogens is 3. The molecule has 1 N–H and O–H groups in total. The number of hydrogen-bond donors (Lipinski definition) is 1. The van der Waals surface area contributed by atoms with E-state index in [0.29, 0.717) is 17.1 Å². The van der Waals surface area contributed by atoms with Crippen LogP contribution in [0.1, 0.15) is 29.7 Å². The molecule has 0 fully saturated rings. The minimum absolute atomic E-state index is 0.174. The number of hydrogen-bond acceptors (Lipinski definition) is 3. The van der Waals surface area contributed by atoms with Crippen molar-refractivity contribution in [1.82, 2.24) is 5.32 Å². The Balaban J connectivity index is 1.60. The summed E-state index contributed by atoms with van der Waals surface area (Å²) in [6.07, 6.45) is -1.40. The van der Waals surface area contributed by atoms with E-state index in [1.165, 1.54) is 18.2 Å². The van der Waals surface area contributed by atoms with Gasteiger partial charge in [0.15, 0.2) is 11.5 Å². The summed E-state index contributed by atoms with van der Waals surface area (Å²) in [5.41, 5.74) is 0.636. The van der Waals surface area contributed by atoms with Crippen LogP contribution in [0.3, 0.4) is 0 Å². The van der Waals surface area contributed by atoms with Crippen molar-refractivity contribution in [3.05, 3.63) is 65.2 Å². The zero-order valence-electron chi connectivity index (χ0n) is 13.8. The average molecular weight is 363 g/mol. The third-order valence-electron chi connectivity index (χ3n) is 3.92. The number of carbonyl (C=O) groups is 1. The van der Waals surface area contributed by atoms with Gasteiger partial charge in [0.2, 0.25) is 12.7 Å². The maximum absolute atomic E-state index is 12.6. The van der Waals surface area contributed by atoms with Crippen LogP contribution >= 0.6 is 0 Å². The fourth-order valence-corrected chi connectivity index (χ4v) is 2.49. The van der Waals surface area contributed by atoms with Gasteiger partial charge in [-0.25, -0.2) is 0 Å². The molecule has 1 aliphatic rings. The van der Waals surface area contributed by atoms with E-state index >= 15 is 0 Å². The number of rotatable bonds is 4. The first kappa shape index (κ1) is 17.8. The van der Waals surface area contributed by atoms with Crippen LogP contribution in [0, 0.1) is 0 Å². The van der Waals surface area contributed by atoms with Crippen molar-refractivity contribution in [2.75, 3.05) is 6.79 Å². The number of amides is 1. The zero-order chi connectivity index (χ0) is 18.7. The van der Waals surface area contributed by atoms with Crippen molar-refractivity contribution in [1.29, 1.82) is 0 Å². The highest BCUT2D eigenvalue weighted by Gasteiger charge is 2.30. The normalized spacial score (nSPS) is 14.5. The molecule has 7 heteroatoms.